The van der Waals surface area contributed by atoms with Crippen molar-refractivity contribution in [1.82, 2.24) is 0 Å². The van der Waals surface area contributed by atoms with Crippen LogP contribution in [0, 0.1) is 11.6 Å². The Labute approximate surface area is 95.5 Å². The second-order valence-electron chi connectivity index (χ2n) is 3.83. The summed E-state index contributed by atoms with van der Waals surface area (Å²) in [5.74, 6) is -4.78. The third-order valence-corrected chi connectivity index (χ3v) is 2.50. The molecule has 1 aromatic rings. The normalized spacial score (nSPS) is 14.1. The van der Waals surface area contributed by atoms with Gasteiger partial charge in [-0.25, -0.2) is 8.78 Å². The monoisotopic (exact) mass is 244 g/mol. The number of carbonyl (C=O) groups is 2. The average Bonchev–Trinajstić information content (AvgIpc) is 2.15. The zero-order chi connectivity index (χ0) is 13.2. The van der Waals surface area contributed by atoms with Crippen LogP contribution >= 0.6 is 0 Å². The van der Waals surface area contributed by atoms with E-state index in [-0.39, 0.29) is 5.56 Å². The lowest BCUT2D eigenvalue weighted by atomic mass is 9.79. The third kappa shape index (κ3) is 2.58. The predicted octanol–water partition coefficient (Wildman–Crippen LogP) is 1.78. The van der Waals surface area contributed by atoms with E-state index in [0.717, 1.165) is 19.1 Å². The smallest absolute Gasteiger partial charge is 0.314 e. The van der Waals surface area contributed by atoms with Gasteiger partial charge in [0, 0.05) is 11.6 Å². The summed E-state index contributed by atoms with van der Waals surface area (Å²) in [7, 11) is 0. The van der Waals surface area contributed by atoms with Gasteiger partial charge in [0.1, 0.15) is 17.0 Å². The molecule has 0 heterocycles. The fourth-order valence-electron chi connectivity index (χ4n) is 1.53. The largest absolute Gasteiger partial charge is 0.481 e. The molecule has 0 aliphatic carbocycles. The molecule has 0 spiro atoms. The first kappa shape index (κ1) is 13.1. The number of halogens is 2. The van der Waals surface area contributed by atoms with Crippen LogP contribution in [0.15, 0.2) is 18.2 Å². The molecule has 0 aliphatic rings. The fraction of sp³-hybridized carbons (Fsp3) is 0.273. The second-order valence-corrected chi connectivity index (χ2v) is 3.83. The van der Waals surface area contributed by atoms with Crippen molar-refractivity contribution in [2.45, 2.75) is 18.8 Å². The maximum absolute atomic E-state index is 13.5. The van der Waals surface area contributed by atoms with Crippen LogP contribution in [0.2, 0.25) is 0 Å². The molecule has 0 aliphatic heterocycles. The van der Waals surface area contributed by atoms with Crippen molar-refractivity contribution in [3.05, 3.63) is 35.4 Å². The second kappa shape index (κ2) is 4.48. The highest BCUT2D eigenvalue weighted by Crippen LogP contribution is 2.30. The van der Waals surface area contributed by atoms with Crippen molar-refractivity contribution in [2.24, 2.45) is 0 Å². The van der Waals surface area contributed by atoms with Gasteiger partial charge in [-0.15, -0.1) is 0 Å². The molecule has 1 unspecified atom stereocenters. The van der Waals surface area contributed by atoms with Crippen molar-refractivity contribution in [1.29, 1.82) is 0 Å². The molecule has 0 fully saturated rings. The van der Waals surface area contributed by atoms with E-state index in [1.165, 1.54) is 0 Å². The number of aliphatic carboxylic acids is 2. The molecule has 4 nitrogen and oxygen atoms in total. The number of carboxylic acid groups (broad SMARTS) is 2. The molecule has 0 bridgehead atoms. The van der Waals surface area contributed by atoms with Crippen molar-refractivity contribution in [3.8, 4) is 0 Å². The molecule has 92 valence electrons. The molecule has 0 saturated heterocycles. The van der Waals surface area contributed by atoms with Crippen LogP contribution < -0.4 is 0 Å². The van der Waals surface area contributed by atoms with E-state index in [4.69, 9.17) is 10.2 Å². The summed E-state index contributed by atoms with van der Waals surface area (Å²) in [6, 6.07) is 2.36. The van der Waals surface area contributed by atoms with Gasteiger partial charge in [0.2, 0.25) is 0 Å². The van der Waals surface area contributed by atoms with Crippen molar-refractivity contribution in [2.75, 3.05) is 0 Å². The summed E-state index contributed by atoms with van der Waals surface area (Å²) < 4.78 is 26.2. The number of hydrogen-bond donors (Lipinski definition) is 2. The Morgan fingerprint density at radius 1 is 1.29 bits per heavy atom. The van der Waals surface area contributed by atoms with Crippen molar-refractivity contribution >= 4 is 11.9 Å². The van der Waals surface area contributed by atoms with Crippen LogP contribution in [0.3, 0.4) is 0 Å². The zero-order valence-electron chi connectivity index (χ0n) is 8.91. The van der Waals surface area contributed by atoms with Crippen LogP contribution in [0.25, 0.3) is 0 Å². The summed E-state index contributed by atoms with van der Waals surface area (Å²) in [5, 5.41) is 17.6. The summed E-state index contributed by atoms with van der Waals surface area (Å²) in [5.41, 5.74) is -2.28. The van der Waals surface area contributed by atoms with Gasteiger partial charge < -0.3 is 10.2 Å². The first-order chi connectivity index (χ1) is 7.77. The first-order valence-electron chi connectivity index (χ1n) is 4.68. The summed E-state index contributed by atoms with van der Waals surface area (Å²) in [6.45, 7) is 1.08. The van der Waals surface area contributed by atoms with Crippen LogP contribution in [-0.2, 0) is 15.0 Å². The Morgan fingerprint density at radius 3 is 2.29 bits per heavy atom. The number of hydrogen-bond acceptors (Lipinski definition) is 2. The Kier molecular flexibility index (Phi) is 3.45. The standard InChI is InChI=1S/C11H10F2O4/c1-11(10(16)17,5-9(14)15)7-3-2-6(12)4-8(7)13/h2-4H,5H2,1H3,(H,14,15)(H,16,17). The molecule has 17 heavy (non-hydrogen) atoms. The van der Waals surface area contributed by atoms with Gasteiger partial charge >= 0.3 is 11.9 Å². The highest BCUT2D eigenvalue weighted by Gasteiger charge is 2.39. The van der Waals surface area contributed by atoms with Gasteiger partial charge in [-0.1, -0.05) is 6.07 Å². The quantitative estimate of drug-likeness (QED) is 0.846. The third-order valence-electron chi connectivity index (χ3n) is 2.50. The molecular formula is C11H10F2O4. The maximum Gasteiger partial charge on any atom is 0.314 e. The highest BCUT2D eigenvalue weighted by molar-refractivity contribution is 5.86. The SMILES string of the molecule is CC(CC(=O)O)(C(=O)O)c1ccc(F)cc1F. The number of carboxylic acids is 2. The molecule has 0 aromatic heterocycles. The van der Waals surface area contributed by atoms with Gasteiger partial charge in [0.25, 0.3) is 0 Å². The minimum atomic E-state index is -1.93. The first-order valence-corrected chi connectivity index (χ1v) is 4.68. The Hall–Kier alpha value is -1.98. The topological polar surface area (TPSA) is 74.6 Å². The lowest BCUT2D eigenvalue weighted by molar-refractivity contribution is -0.149. The van der Waals surface area contributed by atoms with Crippen molar-refractivity contribution < 1.29 is 28.6 Å². The minimum absolute atomic E-state index is 0.353. The Morgan fingerprint density at radius 2 is 1.88 bits per heavy atom. The predicted molar refractivity (Wildman–Crippen MR) is 53.6 cm³/mol. The number of rotatable bonds is 4. The lowest BCUT2D eigenvalue weighted by Gasteiger charge is -2.23. The van der Waals surface area contributed by atoms with E-state index in [9.17, 15) is 18.4 Å². The van der Waals surface area contributed by atoms with E-state index < -0.39 is 35.4 Å². The van der Waals surface area contributed by atoms with E-state index >= 15 is 0 Å². The summed E-state index contributed by atoms with van der Waals surface area (Å²) in [6.07, 6.45) is -0.787. The van der Waals surface area contributed by atoms with Crippen LogP contribution in [0.4, 0.5) is 8.78 Å². The maximum atomic E-state index is 13.5. The lowest BCUT2D eigenvalue weighted by Crippen LogP contribution is -2.35. The van der Waals surface area contributed by atoms with E-state index in [2.05, 4.69) is 0 Å². The van der Waals surface area contributed by atoms with Gasteiger partial charge in [-0.3, -0.25) is 9.59 Å². The Bertz CT molecular complexity index is 473. The zero-order valence-corrected chi connectivity index (χ0v) is 8.91. The van der Waals surface area contributed by atoms with E-state index in [0.29, 0.717) is 6.07 Å². The molecule has 0 radical (unpaired) electrons. The number of benzene rings is 1. The summed E-state index contributed by atoms with van der Waals surface area (Å²) in [4.78, 5) is 21.7. The summed E-state index contributed by atoms with van der Waals surface area (Å²) >= 11 is 0. The molecule has 1 aromatic carbocycles. The van der Waals surface area contributed by atoms with Crippen molar-refractivity contribution in [3.63, 3.8) is 0 Å². The van der Waals surface area contributed by atoms with E-state index in [1.54, 1.807) is 0 Å². The molecule has 6 heteroatoms. The fourth-order valence-corrected chi connectivity index (χ4v) is 1.53. The minimum Gasteiger partial charge on any atom is -0.481 e. The molecular weight excluding hydrogens is 234 g/mol. The van der Waals surface area contributed by atoms with Gasteiger partial charge in [-0.2, -0.15) is 0 Å². The van der Waals surface area contributed by atoms with Gasteiger partial charge in [0.15, 0.2) is 0 Å². The van der Waals surface area contributed by atoms with Crippen LogP contribution in [0.1, 0.15) is 18.9 Å². The van der Waals surface area contributed by atoms with Crippen LogP contribution in [-0.4, -0.2) is 22.2 Å². The molecule has 0 saturated carbocycles. The average molecular weight is 244 g/mol. The molecule has 0 amide bonds. The van der Waals surface area contributed by atoms with E-state index in [1.807, 2.05) is 0 Å². The molecule has 1 rings (SSSR count). The highest BCUT2D eigenvalue weighted by atomic mass is 19.1. The molecule has 1 atom stereocenters. The Balaban J connectivity index is 3.32. The van der Waals surface area contributed by atoms with Gasteiger partial charge in [0.05, 0.1) is 6.42 Å². The van der Waals surface area contributed by atoms with Crippen LogP contribution in [0.5, 0.6) is 0 Å². The van der Waals surface area contributed by atoms with Gasteiger partial charge in [-0.05, 0) is 13.0 Å². The molecule has 2 N–H and O–H groups in total.